The first-order chi connectivity index (χ1) is 3.84. The Bertz CT molecular complexity index is 193. The molecule has 1 aromatic heterocycles. The van der Waals surface area contributed by atoms with Gasteiger partial charge < -0.3 is 0 Å². The van der Waals surface area contributed by atoms with E-state index in [0.29, 0.717) is 12.2 Å². The predicted molar refractivity (Wildman–Crippen MR) is 26.9 cm³/mol. The maximum atomic E-state index is 9.95. The highest BCUT2D eigenvalue weighted by Crippen LogP contribution is 1.82. The molecule has 0 aliphatic heterocycles. The summed E-state index contributed by atoms with van der Waals surface area (Å²) in [6.07, 6.45) is 1.95. The molecule has 0 N–H and O–H groups in total. The van der Waals surface area contributed by atoms with Gasteiger partial charge in [-0.2, -0.15) is 9.78 Å². The molecule has 0 radical (unpaired) electrons. The summed E-state index contributed by atoms with van der Waals surface area (Å²) in [5.41, 5.74) is 0. The monoisotopic (exact) mass is 111 g/mol. The Morgan fingerprint density at radius 3 is 2.88 bits per heavy atom. The number of carbonyl (C=O) groups excluding carboxylic acids is 1. The second kappa shape index (κ2) is 1.73. The molecule has 1 heterocycles. The second-order valence-electron chi connectivity index (χ2n) is 1.36. The lowest BCUT2D eigenvalue weighted by molar-refractivity contribution is 0.538. The summed E-state index contributed by atoms with van der Waals surface area (Å²) >= 11 is 0. The van der Waals surface area contributed by atoms with E-state index in [1.807, 2.05) is 0 Å². The highest BCUT2D eigenvalue weighted by Gasteiger charge is 1.91. The molecular weight excluding hydrogens is 106 g/mol. The lowest BCUT2D eigenvalue weighted by atomic mass is 10.7. The number of nitrogens with zero attached hydrogens (tertiary/aromatic N) is 3. The number of hydrogen-bond donors (Lipinski definition) is 0. The van der Waals surface area contributed by atoms with Crippen molar-refractivity contribution in [2.24, 2.45) is 0 Å². The smallest absolute Gasteiger partial charge is 0.235 e. The molecule has 8 heavy (non-hydrogen) atoms. The van der Waals surface area contributed by atoms with Crippen LogP contribution in [-0.4, -0.2) is 21.2 Å². The van der Waals surface area contributed by atoms with Crippen LogP contribution in [0.4, 0.5) is 0 Å². The zero-order valence-electron chi connectivity index (χ0n) is 4.40. The van der Waals surface area contributed by atoms with Gasteiger partial charge in [-0.15, -0.1) is 0 Å². The molecule has 0 atom stereocenters. The normalized spacial score (nSPS) is 9.12. The molecule has 1 rings (SSSR count). The fraction of sp³-hybridized carbons (Fsp3) is 0.250. The van der Waals surface area contributed by atoms with Crippen molar-refractivity contribution in [2.75, 3.05) is 0 Å². The summed E-state index contributed by atoms with van der Waals surface area (Å²) in [4.78, 5) is 13.7. The van der Waals surface area contributed by atoms with Gasteiger partial charge in [0.05, 0.1) is 0 Å². The van der Waals surface area contributed by atoms with Crippen molar-refractivity contribution in [1.82, 2.24) is 14.8 Å². The first-order valence-electron chi connectivity index (χ1n) is 2.16. The van der Waals surface area contributed by atoms with Gasteiger partial charge in [0.25, 0.3) is 0 Å². The van der Waals surface area contributed by atoms with Crippen molar-refractivity contribution < 1.29 is 4.79 Å². The molecule has 4 nitrogen and oxygen atoms in total. The third-order valence-electron chi connectivity index (χ3n) is 0.852. The van der Waals surface area contributed by atoms with Crippen LogP contribution >= 0.6 is 0 Å². The highest BCUT2D eigenvalue weighted by atomic mass is 16.1. The van der Waals surface area contributed by atoms with E-state index in [0.717, 1.165) is 0 Å². The molecule has 0 bridgehead atoms. The molecule has 0 aliphatic carbocycles. The summed E-state index contributed by atoms with van der Waals surface area (Å²) in [6.45, 7) is 1.71. The van der Waals surface area contributed by atoms with E-state index in [4.69, 9.17) is 0 Å². The van der Waals surface area contributed by atoms with Crippen LogP contribution in [0.15, 0.2) is 6.33 Å². The van der Waals surface area contributed by atoms with Crippen LogP contribution in [0.5, 0.6) is 0 Å². The molecule has 4 heteroatoms. The van der Waals surface area contributed by atoms with E-state index in [9.17, 15) is 4.79 Å². The lowest BCUT2D eigenvalue weighted by Crippen LogP contribution is -1.98. The molecule has 0 saturated heterocycles. The minimum Gasteiger partial charge on any atom is -0.276 e. The Balaban J connectivity index is 3.09. The van der Waals surface area contributed by atoms with E-state index in [2.05, 4.69) is 10.1 Å². The van der Waals surface area contributed by atoms with Gasteiger partial charge in [0.1, 0.15) is 12.2 Å². The standard InChI is InChI=1S/C4H5N3O/c1-4-5-2-6-7(4)3-8/h2-3H,1H3. The number of rotatable bonds is 1. The molecule has 0 spiro atoms. The summed E-state index contributed by atoms with van der Waals surface area (Å²) in [6, 6.07) is 0. The van der Waals surface area contributed by atoms with E-state index < -0.39 is 0 Å². The Morgan fingerprint density at radius 2 is 2.62 bits per heavy atom. The van der Waals surface area contributed by atoms with Crippen molar-refractivity contribution in [3.8, 4) is 0 Å². The molecule has 42 valence electrons. The number of hydrogen-bond acceptors (Lipinski definition) is 3. The summed E-state index contributed by atoms with van der Waals surface area (Å²) < 4.78 is 1.17. The minimum absolute atomic E-state index is 0.611. The number of carbonyl (C=O) groups is 1. The number of aromatic nitrogens is 3. The predicted octanol–water partition coefficient (Wildman–Crippen LogP) is -0.375. The molecular formula is C4H5N3O. The Morgan fingerprint density at radius 1 is 1.88 bits per heavy atom. The van der Waals surface area contributed by atoms with Gasteiger partial charge in [-0.05, 0) is 6.92 Å². The minimum atomic E-state index is 0.611. The van der Waals surface area contributed by atoms with Gasteiger partial charge in [-0.3, -0.25) is 4.79 Å². The van der Waals surface area contributed by atoms with E-state index in [-0.39, 0.29) is 0 Å². The molecule has 0 saturated carbocycles. The van der Waals surface area contributed by atoms with Gasteiger partial charge in [0.15, 0.2) is 0 Å². The van der Waals surface area contributed by atoms with Crippen LogP contribution in [0.2, 0.25) is 0 Å². The molecule has 0 aliphatic rings. The van der Waals surface area contributed by atoms with Gasteiger partial charge in [0, 0.05) is 0 Å². The van der Waals surface area contributed by atoms with E-state index in [1.165, 1.54) is 11.0 Å². The van der Waals surface area contributed by atoms with E-state index in [1.54, 1.807) is 6.92 Å². The van der Waals surface area contributed by atoms with Gasteiger partial charge >= 0.3 is 0 Å². The fourth-order valence-corrected chi connectivity index (χ4v) is 0.411. The van der Waals surface area contributed by atoms with Crippen LogP contribution < -0.4 is 0 Å². The van der Waals surface area contributed by atoms with Gasteiger partial charge in [-0.1, -0.05) is 0 Å². The highest BCUT2D eigenvalue weighted by molar-refractivity contribution is 5.50. The third-order valence-corrected chi connectivity index (χ3v) is 0.852. The maximum Gasteiger partial charge on any atom is 0.235 e. The van der Waals surface area contributed by atoms with Crippen LogP contribution in [-0.2, 0) is 4.79 Å². The Kier molecular flexibility index (Phi) is 1.07. The van der Waals surface area contributed by atoms with Crippen LogP contribution in [0.1, 0.15) is 5.82 Å². The Hall–Kier alpha value is -1.19. The molecule has 1 aromatic rings. The van der Waals surface area contributed by atoms with Crippen molar-refractivity contribution in [1.29, 1.82) is 0 Å². The van der Waals surface area contributed by atoms with E-state index >= 15 is 0 Å². The average Bonchev–Trinajstić information content (AvgIpc) is 2.14. The fourth-order valence-electron chi connectivity index (χ4n) is 0.411. The third kappa shape index (κ3) is 0.598. The summed E-state index contributed by atoms with van der Waals surface area (Å²) in [5, 5.41) is 3.57. The lowest BCUT2D eigenvalue weighted by Gasteiger charge is -1.83. The SMILES string of the molecule is Cc1ncnn1C=O. The first kappa shape index (κ1) is 4.96. The summed E-state index contributed by atoms with van der Waals surface area (Å²) in [7, 11) is 0. The Labute approximate surface area is 46.1 Å². The van der Waals surface area contributed by atoms with Crippen molar-refractivity contribution in [3.05, 3.63) is 12.2 Å². The molecule has 0 unspecified atom stereocenters. The second-order valence-corrected chi connectivity index (χ2v) is 1.36. The van der Waals surface area contributed by atoms with Crippen LogP contribution in [0, 0.1) is 6.92 Å². The van der Waals surface area contributed by atoms with Crippen molar-refractivity contribution in [3.63, 3.8) is 0 Å². The van der Waals surface area contributed by atoms with Crippen LogP contribution in [0.3, 0.4) is 0 Å². The zero-order valence-corrected chi connectivity index (χ0v) is 4.40. The van der Waals surface area contributed by atoms with Crippen molar-refractivity contribution >= 4 is 6.41 Å². The maximum absolute atomic E-state index is 9.95. The van der Waals surface area contributed by atoms with Crippen LogP contribution in [0.25, 0.3) is 0 Å². The first-order valence-corrected chi connectivity index (χ1v) is 2.16. The largest absolute Gasteiger partial charge is 0.276 e. The summed E-state index contributed by atoms with van der Waals surface area (Å²) in [5.74, 6) is 0.611. The average molecular weight is 111 g/mol. The zero-order chi connectivity index (χ0) is 5.98. The van der Waals surface area contributed by atoms with Crippen molar-refractivity contribution in [2.45, 2.75) is 6.92 Å². The topological polar surface area (TPSA) is 47.8 Å². The molecule has 0 aromatic carbocycles. The quantitative estimate of drug-likeness (QED) is 0.464. The molecule has 0 fully saturated rings. The molecule has 0 amide bonds. The number of aryl methyl sites for hydroxylation is 1. The van der Waals surface area contributed by atoms with Gasteiger partial charge in [-0.25, -0.2) is 4.98 Å². The van der Waals surface area contributed by atoms with Gasteiger partial charge in [0.2, 0.25) is 6.41 Å².